The molecule has 0 atom stereocenters. The Bertz CT molecular complexity index is 784. The second kappa shape index (κ2) is 4.65. The highest BCUT2D eigenvalue weighted by Gasteiger charge is 2.17. The number of H-pyrrole nitrogens is 1. The standard InChI is InChI=1S/C14H13N5O/c1-19-14(15)12(9-4-6-16-7-5-9)13(18-19)10-2-3-11(20)17-8-10/h2-8H,15H2,1H3,(H,17,20). The number of hydrogen-bond acceptors (Lipinski definition) is 4. The molecule has 0 aromatic carbocycles. The van der Waals surface area contributed by atoms with E-state index in [1.54, 1.807) is 36.4 Å². The molecule has 0 saturated heterocycles. The van der Waals surface area contributed by atoms with Crippen molar-refractivity contribution in [3.8, 4) is 22.4 Å². The van der Waals surface area contributed by atoms with Crippen molar-refractivity contribution in [3.05, 3.63) is 53.2 Å². The van der Waals surface area contributed by atoms with E-state index in [0.29, 0.717) is 5.82 Å². The zero-order valence-electron chi connectivity index (χ0n) is 10.9. The molecule has 0 saturated carbocycles. The summed E-state index contributed by atoms with van der Waals surface area (Å²) in [5.41, 5.74) is 9.27. The van der Waals surface area contributed by atoms with Gasteiger partial charge in [-0.3, -0.25) is 14.5 Å². The number of aryl methyl sites for hydroxylation is 1. The van der Waals surface area contributed by atoms with Crippen LogP contribution in [0, 0.1) is 0 Å². The normalized spacial score (nSPS) is 10.7. The van der Waals surface area contributed by atoms with Gasteiger partial charge in [0.2, 0.25) is 5.56 Å². The third-order valence-electron chi connectivity index (χ3n) is 3.12. The Morgan fingerprint density at radius 3 is 2.55 bits per heavy atom. The minimum atomic E-state index is -0.150. The molecule has 0 unspecified atom stereocenters. The summed E-state index contributed by atoms with van der Waals surface area (Å²) in [6.07, 6.45) is 5.05. The van der Waals surface area contributed by atoms with Crippen LogP contribution in [-0.2, 0) is 7.05 Å². The first kappa shape index (κ1) is 12.2. The molecule has 0 aliphatic carbocycles. The van der Waals surface area contributed by atoms with Crippen molar-refractivity contribution in [2.75, 3.05) is 5.73 Å². The zero-order valence-corrected chi connectivity index (χ0v) is 10.9. The summed E-state index contributed by atoms with van der Waals surface area (Å²) in [6.45, 7) is 0. The first-order valence-electron chi connectivity index (χ1n) is 6.09. The van der Waals surface area contributed by atoms with Crippen LogP contribution in [0.4, 0.5) is 5.82 Å². The second-order valence-corrected chi connectivity index (χ2v) is 4.41. The van der Waals surface area contributed by atoms with Crippen LogP contribution in [0.5, 0.6) is 0 Å². The van der Waals surface area contributed by atoms with Crippen LogP contribution >= 0.6 is 0 Å². The number of nitrogen functional groups attached to an aromatic ring is 1. The van der Waals surface area contributed by atoms with Gasteiger partial charge >= 0.3 is 0 Å². The summed E-state index contributed by atoms with van der Waals surface area (Å²) in [7, 11) is 1.79. The zero-order chi connectivity index (χ0) is 14.1. The van der Waals surface area contributed by atoms with E-state index in [9.17, 15) is 4.79 Å². The molecule has 0 amide bonds. The molecule has 3 rings (SSSR count). The van der Waals surface area contributed by atoms with Gasteiger partial charge in [0.15, 0.2) is 0 Å². The van der Waals surface area contributed by atoms with Gasteiger partial charge in [0.1, 0.15) is 11.5 Å². The van der Waals surface area contributed by atoms with E-state index in [0.717, 1.165) is 22.4 Å². The largest absolute Gasteiger partial charge is 0.383 e. The number of nitrogens with one attached hydrogen (secondary N) is 1. The molecular formula is C14H13N5O. The van der Waals surface area contributed by atoms with Gasteiger partial charge in [-0.05, 0) is 23.8 Å². The molecule has 0 fully saturated rings. The predicted molar refractivity (Wildman–Crippen MR) is 76.9 cm³/mol. The van der Waals surface area contributed by atoms with Gasteiger partial charge in [-0.1, -0.05) is 0 Å². The lowest BCUT2D eigenvalue weighted by Crippen LogP contribution is -2.01. The summed E-state index contributed by atoms with van der Waals surface area (Å²) < 4.78 is 1.62. The minimum Gasteiger partial charge on any atom is -0.383 e. The fourth-order valence-electron chi connectivity index (χ4n) is 2.10. The van der Waals surface area contributed by atoms with Crippen LogP contribution in [0.1, 0.15) is 0 Å². The molecule has 0 aliphatic heterocycles. The monoisotopic (exact) mass is 267 g/mol. The van der Waals surface area contributed by atoms with Gasteiger partial charge in [-0.15, -0.1) is 0 Å². The van der Waals surface area contributed by atoms with E-state index >= 15 is 0 Å². The van der Waals surface area contributed by atoms with Gasteiger partial charge in [0.05, 0.1) is 5.56 Å². The highest BCUT2D eigenvalue weighted by molar-refractivity contribution is 5.87. The Morgan fingerprint density at radius 1 is 1.15 bits per heavy atom. The summed E-state index contributed by atoms with van der Waals surface area (Å²) in [6, 6.07) is 6.95. The van der Waals surface area contributed by atoms with Crippen molar-refractivity contribution in [1.29, 1.82) is 0 Å². The van der Waals surface area contributed by atoms with Gasteiger partial charge in [-0.25, -0.2) is 0 Å². The van der Waals surface area contributed by atoms with Crippen LogP contribution < -0.4 is 11.3 Å². The van der Waals surface area contributed by atoms with Crippen molar-refractivity contribution in [3.63, 3.8) is 0 Å². The Balaban J connectivity index is 2.24. The van der Waals surface area contributed by atoms with E-state index in [2.05, 4.69) is 15.1 Å². The van der Waals surface area contributed by atoms with E-state index < -0.39 is 0 Å². The van der Waals surface area contributed by atoms with E-state index in [1.165, 1.54) is 6.07 Å². The van der Waals surface area contributed by atoms with Crippen molar-refractivity contribution in [1.82, 2.24) is 19.7 Å². The average molecular weight is 267 g/mol. The molecule has 3 aromatic heterocycles. The van der Waals surface area contributed by atoms with Gasteiger partial charge in [-0.2, -0.15) is 5.10 Å². The number of nitrogens with zero attached hydrogens (tertiary/aromatic N) is 3. The lowest BCUT2D eigenvalue weighted by atomic mass is 10.0. The fourth-order valence-corrected chi connectivity index (χ4v) is 2.10. The maximum atomic E-state index is 11.2. The summed E-state index contributed by atoms with van der Waals surface area (Å²) in [5, 5.41) is 4.44. The number of rotatable bonds is 2. The van der Waals surface area contributed by atoms with Gasteiger partial charge in [0, 0.05) is 37.3 Å². The van der Waals surface area contributed by atoms with E-state index in [1.807, 2.05) is 12.1 Å². The maximum Gasteiger partial charge on any atom is 0.247 e. The van der Waals surface area contributed by atoms with Gasteiger partial charge < -0.3 is 10.7 Å². The predicted octanol–water partition coefficient (Wildman–Crippen LogP) is 1.42. The third-order valence-corrected chi connectivity index (χ3v) is 3.12. The fraction of sp³-hybridized carbons (Fsp3) is 0.0714. The highest BCUT2D eigenvalue weighted by Crippen LogP contribution is 2.34. The lowest BCUT2D eigenvalue weighted by molar-refractivity contribution is 0.782. The molecule has 3 aromatic rings. The molecule has 3 heterocycles. The smallest absolute Gasteiger partial charge is 0.247 e. The summed E-state index contributed by atoms with van der Waals surface area (Å²) in [4.78, 5) is 17.8. The van der Waals surface area contributed by atoms with Crippen molar-refractivity contribution in [2.45, 2.75) is 0 Å². The van der Waals surface area contributed by atoms with Crippen molar-refractivity contribution in [2.24, 2.45) is 7.05 Å². The number of aromatic nitrogens is 4. The lowest BCUT2D eigenvalue weighted by Gasteiger charge is -2.03. The number of anilines is 1. The van der Waals surface area contributed by atoms with E-state index in [-0.39, 0.29) is 5.56 Å². The molecule has 0 radical (unpaired) electrons. The van der Waals surface area contributed by atoms with Crippen LogP contribution in [0.2, 0.25) is 0 Å². The number of pyridine rings is 2. The van der Waals surface area contributed by atoms with Crippen LogP contribution in [0.25, 0.3) is 22.4 Å². The first-order chi connectivity index (χ1) is 9.66. The molecule has 20 heavy (non-hydrogen) atoms. The molecule has 0 bridgehead atoms. The molecule has 3 N–H and O–H groups in total. The Hall–Kier alpha value is -2.89. The van der Waals surface area contributed by atoms with Crippen LogP contribution in [-0.4, -0.2) is 19.7 Å². The second-order valence-electron chi connectivity index (χ2n) is 4.41. The van der Waals surface area contributed by atoms with Crippen LogP contribution in [0.15, 0.2) is 47.7 Å². The average Bonchev–Trinajstić information content (AvgIpc) is 2.77. The molecule has 100 valence electrons. The Kier molecular flexibility index (Phi) is 2.83. The topological polar surface area (TPSA) is 89.6 Å². The summed E-state index contributed by atoms with van der Waals surface area (Å²) in [5.74, 6) is 0.567. The Morgan fingerprint density at radius 2 is 1.90 bits per heavy atom. The SMILES string of the molecule is Cn1nc(-c2ccc(=O)[nH]c2)c(-c2ccncc2)c1N. The number of nitrogens with two attached hydrogens (primary N) is 1. The molecule has 6 heteroatoms. The quantitative estimate of drug-likeness (QED) is 0.734. The Labute approximate surface area is 114 Å². The molecule has 0 spiro atoms. The van der Waals surface area contributed by atoms with Crippen molar-refractivity contribution >= 4 is 5.82 Å². The first-order valence-corrected chi connectivity index (χ1v) is 6.09. The minimum absolute atomic E-state index is 0.150. The molecule has 6 nitrogen and oxygen atoms in total. The highest BCUT2D eigenvalue weighted by atomic mass is 16.1. The third kappa shape index (κ3) is 1.97. The van der Waals surface area contributed by atoms with E-state index in [4.69, 9.17) is 5.73 Å². The van der Waals surface area contributed by atoms with Crippen molar-refractivity contribution < 1.29 is 0 Å². The van der Waals surface area contributed by atoms with Crippen LogP contribution in [0.3, 0.4) is 0 Å². The molecule has 0 aliphatic rings. The number of hydrogen-bond donors (Lipinski definition) is 2. The maximum absolute atomic E-state index is 11.2. The van der Waals surface area contributed by atoms with Gasteiger partial charge in [0.25, 0.3) is 0 Å². The molecular weight excluding hydrogens is 254 g/mol. The number of aromatic amines is 1. The summed E-state index contributed by atoms with van der Waals surface area (Å²) >= 11 is 0.